The van der Waals surface area contributed by atoms with Gasteiger partial charge in [0.1, 0.15) is 6.10 Å². The summed E-state index contributed by atoms with van der Waals surface area (Å²) in [5.41, 5.74) is 2.20. The van der Waals surface area contributed by atoms with Gasteiger partial charge in [0.2, 0.25) is 5.16 Å². The second-order valence-electron chi connectivity index (χ2n) is 4.92. The largest absolute Gasteiger partial charge is 0.464 e. The van der Waals surface area contributed by atoms with Crippen molar-refractivity contribution in [3.05, 3.63) is 17.5 Å². The highest BCUT2D eigenvalue weighted by atomic mass is 32.2. The van der Waals surface area contributed by atoms with Gasteiger partial charge in [-0.1, -0.05) is 16.9 Å². The Balaban J connectivity index is 1.63. The molecule has 0 saturated carbocycles. The van der Waals surface area contributed by atoms with Gasteiger partial charge >= 0.3 is 5.97 Å². The first-order chi connectivity index (χ1) is 10.6. The molecular formula is C13H15N5O3S. The van der Waals surface area contributed by atoms with Crippen molar-refractivity contribution in [1.29, 1.82) is 0 Å². The van der Waals surface area contributed by atoms with E-state index in [0.29, 0.717) is 28.8 Å². The minimum atomic E-state index is -0.450. The lowest BCUT2D eigenvalue weighted by Crippen LogP contribution is -2.17. The van der Waals surface area contributed by atoms with Gasteiger partial charge in [-0.3, -0.25) is 0 Å². The molecule has 0 bridgehead atoms. The summed E-state index contributed by atoms with van der Waals surface area (Å²) < 4.78 is 6.33. The molecule has 0 radical (unpaired) electrons. The van der Waals surface area contributed by atoms with E-state index < -0.39 is 5.97 Å². The maximum Gasteiger partial charge on any atom is 0.355 e. The molecule has 116 valence electrons. The lowest BCUT2D eigenvalue weighted by Gasteiger charge is -2.04. The highest BCUT2D eigenvalue weighted by Gasteiger charge is 2.27. The van der Waals surface area contributed by atoms with E-state index in [9.17, 15) is 4.79 Å². The molecule has 0 aliphatic carbocycles. The smallest absolute Gasteiger partial charge is 0.355 e. The van der Waals surface area contributed by atoms with Crippen molar-refractivity contribution in [2.75, 3.05) is 12.9 Å². The van der Waals surface area contributed by atoms with Crippen molar-refractivity contribution in [2.45, 2.75) is 31.5 Å². The van der Waals surface area contributed by atoms with Crippen LogP contribution in [0.5, 0.6) is 0 Å². The van der Waals surface area contributed by atoms with Crippen molar-refractivity contribution in [1.82, 2.24) is 19.6 Å². The predicted molar refractivity (Wildman–Crippen MR) is 79.9 cm³/mol. The maximum atomic E-state index is 11.3. The molecule has 9 heteroatoms. The summed E-state index contributed by atoms with van der Waals surface area (Å²) in [7, 11) is 1.32. The van der Waals surface area contributed by atoms with E-state index in [1.807, 2.05) is 19.9 Å². The van der Waals surface area contributed by atoms with E-state index in [1.54, 1.807) is 4.52 Å². The number of hydrogen-bond donors (Lipinski definition) is 0. The zero-order valence-corrected chi connectivity index (χ0v) is 13.3. The molecule has 0 spiro atoms. The maximum absolute atomic E-state index is 11.3. The zero-order valence-electron chi connectivity index (χ0n) is 12.4. The lowest BCUT2D eigenvalue weighted by molar-refractivity contribution is -0.132. The summed E-state index contributed by atoms with van der Waals surface area (Å²) in [5, 5.41) is 8.77. The number of hydrogen-bond acceptors (Lipinski definition) is 8. The summed E-state index contributed by atoms with van der Waals surface area (Å²) in [6.45, 7) is 3.88. The third kappa shape index (κ3) is 2.89. The minimum absolute atomic E-state index is 0.179. The van der Waals surface area contributed by atoms with Crippen LogP contribution in [-0.2, 0) is 14.4 Å². The number of fused-ring (bicyclic) bond motifs is 1. The predicted octanol–water partition coefficient (Wildman–Crippen LogP) is 1.15. The van der Waals surface area contributed by atoms with Gasteiger partial charge in [-0.15, -0.1) is 5.10 Å². The van der Waals surface area contributed by atoms with Gasteiger partial charge in [0.05, 0.1) is 7.11 Å². The quantitative estimate of drug-likeness (QED) is 0.616. The van der Waals surface area contributed by atoms with E-state index in [0.717, 1.165) is 11.4 Å². The highest BCUT2D eigenvalue weighted by molar-refractivity contribution is 7.99. The average Bonchev–Trinajstić information content (AvgIpc) is 3.10. The third-order valence-electron chi connectivity index (χ3n) is 3.15. The van der Waals surface area contributed by atoms with Crippen LogP contribution < -0.4 is 0 Å². The summed E-state index contributed by atoms with van der Waals surface area (Å²) in [4.78, 5) is 25.3. The number of carbonyl (C=O) groups is 1. The topological polar surface area (TPSA) is 91.0 Å². The van der Waals surface area contributed by atoms with Crippen LogP contribution >= 0.6 is 11.8 Å². The number of nitrogens with zero attached hydrogens (tertiary/aromatic N) is 5. The summed E-state index contributed by atoms with van der Waals surface area (Å²) in [6.07, 6.45) is 0.255. The Labute approximate surface area is 130 Å². The third-order valence-corrected chi connectivity index (χ3v) is 4.12. The fourth-order valence-electron chi connectivity index (χ4n) is 2.13. The number of aromatic nitrogens is 4. The van der Waals surface area contributed by atoms with Crippen LogP contribution in [0.3, 0.4) is 0 Å². The Morgan fingerprint density at radius 3 is 3.09 bits per heavy atom. The van der Waals surface area contributed by atoms with Crippen molar-refractivity contribution in [2.24, 2.45) is 5.16 Å². The molecule has 3 heterocycles. The molecule has 22 heavy (non-hydrogen) atoms. The second kappa shape index (κ2) is 5.91. The molecule has 0 amide bonds. The molecule has 1 atom stereocenters. The Hall–Kier alpha value is -2.16. The average molecular weight is 321 g/mol. The lowest BCUT2D eigenvalue weighted by atomic mass is 10.2. The second-order valence-corrected chi connectivity index (χ2v) is 5.90. The van der Waals surface area contributed by atoms with E-state index in [2.05, 4.69) is 25.0 Å². The number of esters is 1. The van der Waals surface area contributed by atoms with Crippen molar-refractivity contribution in [3.63, 3.8) is 0 Å². The molecular weight excluding hydrogens is 306 g/mol. The van der Waals surface area contributed by atoms with Crippen LogP contribution in [-0.4, -0.2) is 50.2 Å². The monoisotopic (exact) mass is 321 g/mol. The number of rotatable bonds is 4. The van der Waals surface area contributed by atoms with Crippen molar-refractivity contribution < 1.29 is 14.4 Å². The molecule has 2 aromatic heterocycles. The minimum Gasteiger partial charge on any atom is -0.464 e. The first-order valence-corrected chi connectivity index (χ1v) is 7.70. The molecule has 0 saturated heterocycles. The fourth-order valence-corrected chi connectivity index (χ4v) is 2.93. The Morgan fingerprint density at radius 1 is 1.50 bits per heavy atom. The number of aryl methyl sites for hydroxylation is 2. The van der Waals surface area contributed by atoms with E-state index in [-0.39, 0.29) is 6.10 Å². The molecule has 1 aliphatic heterocycles. The van der Waals surface area contributed by atoms with Crippen LogP contribution in [0.15, 0.2) is 16.4 Å². The molecule has 0 N–H and O–H groups in total. The molecule has 0 aromatic carbocycles. The van der Waals surface area contributed by atoms with Gasteiger partial charge in [0.25, 0.3) is 5.78 Å². The SMILES string of the molecule is COC(=O)C1=NOC(CSc2nc3nc(C)cc(C)n3n2)C1. The number of methoxy groups -OCH3 is 1. The first kappa shape index (κ1) is 14.8. The fraction of sp³-hybridized carbons (Fsp3) is 0.462. The zero-order chi connectivity index (χ0) is 15.7. The van der Waals surface area contributed by atoms with Crippen molar-refractivity contribution >= 4 is 29.2 Å². The highest BCUT2D eigenvalue weighted by Crippen LogP contribution is 2.21. The van der Waals surface area contributed by atoms with E-state index in [1.165, 1.54) is 18.9 Å². The van der Waals surface area contributed by atoms with Crippen LogP contribution in [0.25, 0.3) is 5.78 Å². The number of ether oxygens (including phenoxy) is 1. The number of carbonyl (C=O) groups excluding carboxylic acids is 1. The van der Waals surface area contributed by atoms with Gasteiger partial charge < -0.3 is 9.57 Å². The van der Waals surface area contributed by atoms with Crippen LogP contribution in [0.2, 0.25) is 0 Å². The van der Waals surface area contributed by atoms with E-state index >= 15 is 0 Å². The van der Waals surface area contributed by atoms with Crippen LogP contribution in [0.1, 0.15) is 17.8 Å². The Kier molecular flexibility index (Phi) is 3.97. The molecule has 0 fully saturated rings. The van der Waals surface area contributed by atoms with Crippen LogP contribution in [0.4, 0.5) is 0 Å². The first-order valence-electron chi connectivity index (χ1n) is 6.71. The molecule has 2 aromatic rings. The van der Waals surface area contributed by atoms with E-state index in [4.69, 9.17) is 4.84 Å². The van der Waals surface area contributed by atoms with Gasteiger partial charge in [0, 0.05) is 23.6 Å². The molecule has 3 rings (SSSR count). The van der Waals surface area contributed by atoms with Gasteiger partial charge in [-0.05, 0) is 19.9 Å². The summed E-state index contributed by atoms with van der Waals surface area (Å²) >= 11 is 1.45. The molecule has 1 unspecified atom stereocenters. The summed E-state index contributed by atoms with van der Waals surface area (Å²) in [5.74, 6) is 0.728. The summed E-state index contributed by atoms with van der Waals surface area (Å²) in [6, 6.07) is 1.95. The normalized spacial score (nSPS) is 17.4. The van der Waals surface area contributed by atoms with Crippen LogP contribution in [0, 0.1) is 13.8 Å². The number of oxime groups is 1. The number of thioether (sulfide) groups is 1. The molecule has 1 aliphatic rings. The standard InChI is InChI=1S/C13H15N5O3S/c1-7-4-8(2)18-12(14-7)15-13(16-18)22-6-9-5-10(17-21-9)11(19)20-3/h4,9H,5-6H2,1-3H3. The van der Waals surface area contributed by atoms with Gasteiger partial charge in [0.15, 0.2) is 5.71 Å². The van der Waals surface area contributed by atoms with Gasteiger partial charge in [-0.2, -0.15) is 4.98 Å². The van der Waals surface area contributed by atoms with Crippen molar-refractivity contribution in [3.8, 4) is 0 Å². The molecule has 8 nitrogen and oxygen atoms in total. The Bertz CT molecular complexity index is 757. The van der Waals surface area contributed by atoms with Gasteiger partial charge in [-0.25, -0.2) is 14.3 Å². The Morgan fingerprint density at radius 2 is 2.32 bits per heavy atom.